The zero-order valence-electron chi connectivity index (χ0n) is 14.5. The lowest BCUT2D eigenvalue weighted by Gasteiger charge is -2.22. The summed E-state index contributed by atoms with van der Waals surface area (Å²) in [6.07, 6.45) is 13.6. The number of pyridine rings is 1. The molecule has 3 aromatic rings. The molecule has 0 saturated carbocycles. The average Bonchev–Trinajstić information content (AvgIpc) is 3.33. The van der Waals surface area contributed by atoms with Crippen LogP contribution in [0.25, 0.3) is 11.4 Å². The zero-order valence-corrected chi connectivity index (χ0v) is 14.5. The van der Waals surface area contributed by atoms with Crippen molar-refractivity contribution in [1.82, 2.24) is 24.5 Å². The molecule has 0 bridgehead atoms. The molecule has 0 aliphatic heterocycles. The number of rotatable bonds is 6. The fourth-order valence-corrected chi connectivity index (χ4v) is 3.37. The van der Waals surface area contributed by atoms with Crippen LogP contribution in [0.1, 0.15) is 24.1 Å². The highest BCUT2D eigenvalue weighted by Crippen LogP contribution is 2.30. The van der Waals surface area contributed by atoms with Crippen LogP contribution in [0.2, 0.25) is 0 Å². The highest BCUT2D eigenvalue weighted by Gasteiger charge is 2.21. The van der Waals surface area contributed by atoms with Crippen molar-refractivity contribution in [2.45, 2.75) is 32.2 Å². The Morgan fingerprint density at radius 1 is 1.08 bits per heavy atom. The smallest absolute Gasteiger partial charge is 0.161 e. The molecule has 0 N–H and O–H groups in total. The summed E-state index contributed by atoms with van der Waals surface area (Å²) < 4.78 is 2.11. The third-order valence-electron chi connectivity index (χ3n) is 4.68. The summed E-state index contributed by atoms with van der Waals surface area (Å²) in [5.74, 6) is 1.89. The molecule has 0 fully saturated rings. The molecule has 0 amide bonds. The summed E-state index contributed by atoms with van der Waals surface area (Å²) in [4.78, 5) is 20.2. The number of anilines is 1. The predicted octanol–water partition coefficient (Wildman–Crippen LogP) is 2.75. The van der Waals surface area contributed by atoms with Crippen LogP contribution >= 0.6 is 0 Å². The fourth-order valence-electron chi connectivity index (χ4n) is 3.37. The molecule has 0 unspecified atom stereocenters. The maximum absolute atomic E-state index is 4.90. The van der Waals surface area contributed by atoms with Crippen molar-refractivity contribution in [3.8, 4) is 11.4 Å². The van der Waals surface area contributed by atoms with Crippen LogP contribution in [-0.2, 0) is 19.4 Å². The first-order valence-electron chi connectivity index (χ1n) is 8.78. The number of aromatic nitrogens is 5. The predicted molar refractivity (Wildman–Crippen MR) is 97.4 cm³/mol. The molecule has 0 spiro atoms. The second-order valence-electron chi connectivity index (χ2n) is 6.46. The number of hydrogen-bond donors (Lipinski definition) is 0. The molecule has 25 heavy (non-hydrogen) atoms. The normalized spacial score (nSPS) is 13.0. The Morgan fingerprint density at radius 2 is 1.96 bits per heavy atom. The van der Waals surface area contributed by atoms with Gasteiger partial charge in [-0.15, -0.1) is 0 Å². The van der Waals surface area contributed by atoms with Gasteiger partial charge in [-0.25, -0.2) is 15.0 Å². The monoisotopic (exact) mass is 334 g/mol. The highest BCUT2D eigenvalue weighted by molar-refractivity contribution is 5.60. The second-order valence-corrected chi connectivity index (χ2v) is 6.46. The van der Waals surface area contributed by atoms with E-state index in [1.165, 1.54) is 17.7 Å². The summed E-state index contributed by atoms with van der Waals surface area (Å²) >= 11 is 0. The van der Waals surface area contributed by atoms with Gasteiger partial charge >= 0.3 is 0 Å². The Kier molecular flexibility index (Phi) is 4.41. The van der Waals surface area contributed by atoms with Gasteiger partial charge in [0.1, 0.15) is 5.82 Å². The molecule has 4 rings (SSSR count). The van der Waals surface area contributed by atoms with Crippen LogP contribution in [0.3, 0.4) is 0 Å². The number of aryl methyl sites for hydroxylation is 2. The van der Waals surface area contributed by atoms with Gasteiger partial charge in [-0.1, -0.05) is 0 Å². The maximum Gasteiger partial charge on any atom is 0.161 e. The Labute approximate surface area is 147 Å². The van der Waals surface area contributed by atoms with E-state index in [4.69, 9.17) is 9.97 Å². The van der Waals surface area contributed by atoms with E-state index in [0.717, 1.165) is 49.6 Å². The molecule has 3 heterocycles. The quantitative estimate of drug-likeness (QED) is 0.694. The number of fused-ring (bicyclic) bond motifs is 1. The maximum atomic E-state index is 4.90. The Morgan fingerprint density at radius 3 is 2.76 bits per heavy atom. The van der Waals surface area contributed by atoms with Gasteiger partial charge in [0.05, 0.1) is 6.33 Å². The molecule has 1 aliphatic rings. The van der Waals surface area contributed by atoms with Crippen molar-refractivity contribution in [3.05, 3.63) is 54.5 Å². The molecule has 0 saturated heterocycles. The summed E-state index contributed by atoms with van der Waals surface area (Å²) in [7, 11) is 2.13. The first-order valence-corrected chi connectivity index (χ1v) is 8.78. The summed E-state index contributed by atoms with van der Waals surface area (Å²) in [6.45, 7) is 1.92. The largest absolute Gasteiger partial charge is 0.359 e. The lowest BCUT2D eigenvalue weighted by molar-refractivity contribution is 0.634. The Bertz CT molecular complexity index is 829. The molecule has 0 aromatic carbocycles. The molecular formula is C19H22N6. The minimum absolute atomic E-state index is 0.805. The fraction of sp³-hybridized carbons (Fsp3) is 0.368. The van der Waals surface area contributed by atoms with E-state index < -0.39 is 0 Å². The molecule has 128 valence electrons. The van der Waals surface area contributed by atoms with Crippen LogP contribution < -0.4 is 4.90 Å². The molecule has 3 aromatic heterocycles. The standard InChI is InChI=1S/C19H22N6/c1-24(11-3-12-25-13-10-21-14-25)19-16-4-2-5-17(16)22-18(23-19)15-6-8-20-9-7-15/h6-10,13-14H,2-5,11-12H2,1H3. The molecule has 1 aliphatic carbocycles. The molecule has 6 heteroatoms. The van der Waals surface area contributed by atoms with Gasteiger partial charge < -0.3 is 9.47 Å². The van der Waals surface area contributed by atoms with Crippen molar-refractivity contribution >= 4 is 5.82 Å². The van der Waals surface area contributed by atoms with Gasteiger partial charge in [-0.2, -0.15) is 0 Å². The minimum atomic E-state index is 0.805. The Balaban J connectivity index is 1.56. The van der Waals surface area contributed by atoms with Crippen molar-refractivity contribution in [2.24, 2.45) is 0 Å². The molecule has 0 radical (unpaired) electrons. The van der Waals surface area contributed by atoms with E-state index in [1.807, 2.05) is 30.9 Å². The van der Waals surface area contributed by atoms with Gasteiger partial charge in [-0.3, -0.25) is 4.98 Å². The second kappa shape index (κ2) is 7.01. The number of imidazole rings is 1. The van der Waals surface area contributed by atoms with E-state index in [9.17, 15) is 0 Å². The number of nitrogens with zero attached hydrogens (tertiary/aromatic N) is 6. The van der Waals surface area contributed by atoms with E-state index >= 15 is 0 Å². The first-order chi connectivity index (χ1) is 12.3. The SMILES string of the molecule is CN(CCCn1ccnc1)c1nc(-c2ccncc2)nc2c1CCC2. The van der Waals surface area contributed by atoms with Gasteiger partial charge in [-0.05, 0) is 37.8 Å². The van der Waals surface area contributed by atoms with Crippen LogP contribution in [0.5, 0.6) is 0 Å². The van der Waals surface area contributed by atoms with Crippen molar-refractivity contribution in [2.75, 3.05) is 18.5 Å². The van der Waals surface area contributed by atoms with Gasteiger partial charge in [0.25, 0.3) is 0 Å². The summed E-state index contributed by atoms with van der Waals surface area (Å²) in [5, 5.41) is 0. The number of hydrogen-bond acceptors (Lipinski definition) is 5. The minimum Gasteiger partial charge on any atom is -0.359 e. The van der Waals surface area contributed by atoms with Crippen molar-refractivity contribution < 1.29 is 0 Å². The topological polar surface area (TPSA) is 59.7 Å². The molecular weight excluding hydrogens is 312 g/mol. The van der Waals surface area contributed by atoms with Gasteiger partial charge in [0.15, 0.2) is 5.82 Å². The summed E-state index contributed by atoms with van der Waals surface area (Å²) in [5.41, 5.74) is 3.55. The average molecular weight is 334 g/mol. The summed E-state index contributed by atoms with van der Waals surface area (Å²) in [6, 6.07) is 3.94. The van der Waals surface area contributed by atoms with Gasteiger partial charge in [0, 0.05) is 61.7 Å². The lowest BCUT2D eigenvalue weighted by Crippen LogP contribution is -2.23. The van der Waals surface area contributed by atoms with Crippen molar-refractivity contribution in [3.63, 3.8) is 0 Å². The van der Waals surface area contributed by atoms with Crippen LogP contribution in [0.15, 0.2) is 43.2 Å². The Hall–Kier alpha value is -2.76. The van der Waals surface area contributed by atoms with Crippen LogP contribution in [0.4, 0.5) is 5.82 Å². The lowest BCUT2D eigenvalue weighted by atomic mass is 10.2. The van der Waals surface area contributed by atoms with E-state index in [-0.39, 0.29) is 0 Å². The van der Waals surface area contributed by atoms with Crippen LogP contribution in [0, 0.1) is 0 Å². The zero-order chi connectivity index (χ0) is 17.1. The van der Waals surface area contributed by atoms with Crippen molar-refractivity contribution in [1.29, 1.82) is 0 Å². The van der Waals surface area contributed by atoms with E-state index in [0.29, 0.717) is 0 Å². The van der Waals surface area contributed by atoms with E-state index in [2.05, 4.69) is 26.5 Å². The van der Waals surface area contributed by atoms with Crippen LogP contribution in [-0.4, -0.2) is 38.1 Å². The molecule has 0 atom stereocenters. The highest BCUT2D eigenvalue weighted by atomic mass is 15.2. The third-order valence-corrected chi connectivity index (χ3v) is 4.68. The first kappa shape index (κ1) is 15.7. The van der Waals surface area contributed by atoms with Gasteiger partial charge in [0.2, 0.25) is 0 Å². The third kappa shape index (κ3) is 3.38. The van der Waals surface area contributed by atoms with E-state index in [1.54, 1.807) is 12.4 Å². The molecule has 6 nitrogen and oxygen atoms in total.